The third-order valence-corrected chi connectivity index (χ3v) is 6.20. The van der Waals surface area contributed by atoms with Crippen molar-refractivity contribution >= 4 is 29.5 Å². The maximum Gasteiger partial charge on any atom is 0.410 e. The second-order valence-electron chi connectivity index (χ2n) is 8.15. The Morgan fingerprint density at radius 1 is 1.20 bits per heavy atom. The summed E-state index contributed by atoms with van der Waals surface area (Å²) in [4.78, 5) is 30.3. The molecule has 1 fully saturated rings. The highest BCUT2D eigenvalue weighted by Gasteiger charge is 2.29. The summed E-state index contributed by atoms with van der Waals surface area (Å²) in [5, 5.41) is 2.79. The van der Waals surface area contributed by atoms with Crippen LogP contribution in [0.3, 0.4) is 0 Å². The highest BCUT2D eigenvalue weighted by Crippen LogP contribution is 2.35. The molecule has 1 unspecified atom stereocenters. The molecule has 0 radical (unpaired) electrons. The monoisotopic (exact) mass is 503 g/mol. The highest BCUT2D eigenvalue weighted by atomic mass is 32.2. The molecule has 1 aromatic rings. The molecular weight excluding hydrogens is 466 g/mol. The number of ketones is 1. The van der Waals surface area contributed by atoms with E-state index in [4.69, 9.17) is 14.2 Å². The second-order valence-corrected chi connectivity index (χ2v) is 9.09. The lowest BCUT2D eigenvalue weighted by atomic mass is 10.1. The molecule has 2 heterocycles. The van der Waals surface area contributed by atoms with E-state index in [1.807, 2.05) is 47.6 Å². The Bertz CT molecular complexity index is 898. The minimum absolute atomic E-state index is 0.0486. The molecule has 2 aliphatic rings. The third-order valence-electron chi connectivity index (χ3n) is 5.36. The summed E-state index contributed by atoms with van der Waals surface area (Å²) in [6.07, 6.45) is 0.343. The van der Waals surface area contributed by atoms with Gasteiger partial charge in [0.05, 0.1) is 37.2 Å². The van der Waals surface area contributed by atoms with Gasteiger partial charge in [0.15, 0.2) is 0 Å². The number of benzene rings is 1. The van der Waals surface area contributed by atoms with E-state index < -0.39 is 0 Å². The van der Waals surface area contributed by atoms with Gasteiger partial charge < -0.3 is 23.9 Å². The number of hydrogen-bond donors (Lipinski definition) is 0. The van der Waals surface area contributed by atoms with Crippen LogP contribution in [0.5, 0.6) is 0 Å². The fourth-order valence-corrected chi connectivity index (χ4v) is 4.05. The Morgan fingerprint density at radius 3 is 2.46 bits per heavy atom. The average molecular weight is 504 g/mol. The molecule has 0 spiro atoms. The molecule has 1 aromatic carbocycles. The first kappa shape index (κ1) is 28.6. The number of carbonyl (C=O) groups is 2. The number of ether oxygens (including phenoxy) is 3. The van der Waals surface area contributed by atoms with Crippen molar-refractivity contribution in [3.63, 3.8) is 0 Å². The van der Waals surface area contributed by atoms with Crippen LogP contribution in [0.4, 0.5) is 4.79 Å². The summed E-state index contributed by atoms with van der Waals surface area (Å²) in [5.74, 6) is 1.14. The molecule has 8 nitrogen and oxygen atoms in total. The first-order chi connectivity index (χ1) is 16.9. The van der Waals surface area contributed by atoms with E-state index in [1.54, 1.807) is 18.9 Å². The zero-order valence-electron chi connectivity index (χ0n) is 21.2. The lowest BCUT2D eigenvalue weighted by molar-refractivity contribution is -0.116. The summed E-state index contributed by atoms with van der Waals surface area (Å²) >= 11 is 1.51. The van der Waals surface area contributed by atoms with Gasteiger partial charge in [-0.1, -0.05) is 62.5 Å². The normalized spacial score (nSPS) is 16.9. The van der Waals surface area contributed by atoms with Gasteiger partial charge in [-0.05, 0) is 12.5 Å². The van der Waals surface area contributed by atoms with Gasteiger partial charge in [-0.2, -0.15) is 0 Å². The first-order valence-corrected chi connectivity index (χ1v) is 12.7. The summed E-state index contributed by atoms with van der Waals surface area (Å²) < 4.78 is 16.7. The van der Waals surface area contributed by atoms with Crippen LogP contribution in [-0.2, 0) is 25.6 Å². The molecule has 0 bridgehead atoms. The van der Waals surface area contributed by atoms with Gasteiger partial charge in [-0.3, -0.25) is 9.89 Å². The highest BCUT2D eigenvalue weighted by molar-refractivity contribution is 8.06. The average Bonchev–Trinajstić information content (AvgIpc) is 3.24. The van der Waals surface area contributed by atoms with Gasteiger partial charge in [-0.25, -0.2) is 4.79 Å². The summed E-state index contributed by atoms with van der Waals surface area (Å²) in [5.41, 5.74) is 1.98. The van der Waals surface area contributed by atoms with Crippen LogP contribution in [0.2, 0.25) is 0 Å². The van der Waals surface area contributed by atoms with Crippen LogP contribution in [0.15, 0.2) is 58.0 Å². The lowest BCUT2D eigenvalue weighted by Gasteiger charge is -2.29. The number of thioether (sulfide) groups is 1. The molecule has 0 aromatic heterocycles. The van der Waals surface area contributed by atoms with E-state index in [-0.39, 0.29) is 24.4 Å². The fraction of sp³-hybridized carbons (Fsp3) is 0.500. The van der Waals surface area contributed by atoms with E-state index in [2.05, 4.69) is 18.5 Å². The van der Waals surface area contributed by atoms with Crippen molar-refractivity contribution in [1.29, 1.82) is 0 Å². The number of rotatable bonds is 8. The van der Waals surface area contributed by atoms with Crippen molar-refractivity contribution in [1.82, 2.24) is 9.80 Å². The number of morpholine rings is 1. The topological polar surface area (TPSA) is 80.7 Å². The maximum absolute atomic E-state index is 12.3. The van der Waals surface area contributed by atoms with Crippen molar-refractivity contribution in [2.45, 2.75) is 33.8 Å². The lowest BCUT2D eigenvalue weighted by Crippen LogP contribution is -2.41. The predicted octanol–water partition coefficient (Wildman–Crippen LogP) is 4.68. The molecule has 0 saturated carbocycles. The van der Waals surface area contributed by atoms with Crippen LogP contribution < -0.4 is 0 Å². The van der Waals surface area contributed by atoms with Crippen LogP contribution in [0, 0.1) is 5.92 Å². The number of nitrogens with zero attached hydrogens (tertiary/aromatic N) is 3. The number of amides is 1. The molecule has 0 N–H and O–H groups in total. The number of hydrogen-bond acceptors (Lipinski definition) is 7. The van der Waals surface area contributed by atoms with Crippen molar-refractivity contribution in [2.24, 2.45) is 10.9 Å². The Labute approximate surface area is 213 Å². The predicted molar refractivity (Wildman–Crippen MR) is 140 cm³/mol. The Balaban J connectivity index is 0.000000784. The second kappa shape index (κ2) is 15.4. The van der Waals surface area contributed by atoms with Crippen LogP contribution >= 0.6 is 11.8 Å². The van der Waals surface area contributed by atoms with Gasteiger partial charge in [0.25, 0.3) is 0 Å². The van der Waals surface area contributed by atoms with E-state index in [0.29, 0.717) is 45.9 Å². The quantitative estimate of drug-likeness (QED) is 0.376. The zero-order chi connectivity index (χ0) is 25.6. The molecular formula is C26H37N3O5S. The maximum atomic E-state index is 12.3. The number of aliphatic imine (C=N–C) groups is 1. The van der Waals surface area contributed by atoms with Crippen LogP contribution in [0.25, 0.3) is 0 Å². The molecule has 0 aliphatic carbocycles. The summed E-state index contributed by atoms with van der Waals surface area (Å²) in [6.45, 7) is 13.1. The van der Waals surface area contributed by atoms with Crippen molar-refractivity contribution in [3.05, 3.63) is 58.6 Å². The standard InChI is InChI=1S/C22H29N3O4S.C4H8O/c1-17(13-28-14-19-7-5-4-6-8-19)21(23-3)25-18(2)30-16-20(25)15-29-22(26)24-9-11-27-12-10-24;1-3-4(2)5/h4-8,16-17H,2,9-15H2,1,3H3;3H2,1-2H3. The smallest absolute Gasteiger partial charge is 0.410 e. The molecule has 1 atom stereocenters. The molecule has 9 heteroatoms. The molecule has 2 aliphatic heterocycles. The summed E-state index contributed by atoms with van der Waals surface area (Å²) in [6, 6.07) is 10.1. The number of carbonyl (C=O) groups excluding carboxylic acids is 2. The molecule has 192 valence electrons. The van der Waals surface area contributed by atoms with Crippen molar-refractivity contribution in [2.75, 3.05) is 46.6 Å². The van der Waals surface area contributed by atoms with Gasteiger partial charge in [0.2, 0.25) is 0 Å². The first-order valence-electron chi connectivity index (χ1n) is 11.8. The molecule has 35 heavy (non-hydrogen) atoms. The SMILES string of the molecule is C=C1SC=C(COC(=O)N2CCOCC2)N1C(=NC)C(C)COCc1ccccc1.CCC(C)=O. The Hall–Kier alpha value is -2.62. The third kappa shape index (κ3) is 9.51. The van der Waals surface area contributed by atoms with Gasteiger partial charge >= 0.3 is 6.09 Å². The number of amidine groups is 1. The minimum Gasteiger partial charge on any atom is -0.443 e. The largest absolute Gasteiger partial charge is 0.443 e. The van der Waals surface area contributed by atoms with Crippen molar-refractivity contribution < 1.29 is 23.8 Å². The van der Waals surface area contributed by atoms with Gasteiger partial charge in [0, 0.05) is 37.9 Å². The Kier molecular flexibility index (Phi) is 12.6. The van der Waals surface area contributed by atoms with Gasteiger partial charge in [0.1, 0.15) is 18.2 Å². The van der Waals surface area contributed by atoms with E-state index in [1.165, 1.54) is 11.8 Å². The summed E-state index contributed by atoms with van der Waals surface area (Å²) in [7, 11) is 1.76. The van der Waals surface area contributed by atoms with E-state index >= 15 is 0 Å². The van der Waals surface area contributed by atoms with Crippen LogP contribution in [0.1, 0.15) is 32.8 Å². The molecule has 3 rings (SSSR count). The molecule has 1 saturated heterocycles. The zero-order valence-corrected chi connectivity index (χ0v) is 22.0. The van der Waals surface area contributed by atoms with Crippen LogP contribution in [-0.4, -0.2) is 74.1 Å². The van der Waals surface area contributed by atoms with E-state index in [9.17, 15) is 9.59 Å². The van der Waals surface area contributed by atoms with Crippen molar-refractivity contribution in [3.8, 4) is 0 Å². The van der Waals surface area contributed by atoms with Gasteiger partial charge in [-0.15, -0.1) is 0 Å². The Morgan fingerprint density at radius 2 is 1.86 bits per heavy atom. The van der Waals surface area contributed by atoms with E-state index in [0.717, 1.165) is 22.1 Å². The minimum atomic E-state index is -0.323. The molecule has 1 amide bonds. The fourth-order valence-electron chi connectivity index (χ4n) is 3.29. The number of Topliss-reactive ketones (excluding diaryl/α,β-unsaturated/α-hetero) is 1.